The van der Waals surface area contributed by atoms with Gasteiger partial charge in [-0.3, -0.25) is 43.9 Å². The number of carbonyl (C=O) groups is 6. The van der Waals surface area contributed by atoms with Gasteiger partial charge >= 0.3 is 0 Å². The van der Waals surface area contributed by atoms with Crippen molar-refractivity contribution in [2.75, 3.05) is 81.7 Å². The molecule has 0 aliphatic carbocycles. The van der Waals surface area contributed by atoms with Crippen LogP contribution >= 0.6 is 0 Å². The molecule has 1 aromatic heterocycles. The number of piperidine rings is 2. The lowest BCUT2D eigenvalue weighted by Crippen LogP contribution is -2.54. The molecule has 5 aliphatic rings. The molecule has 19 heteroatoms. The molecule has 8 rings (SSSR count). The second-order valence-corrected chi connectivity index (χ2v) is 18.8. The number of anilines is 4. The molecular weight excluding hydrogens is 897 g/mol. The summed E-state index contributed by atoms with van der Waals surface area (Å²) in [7, 11) is 1.67. The number of methoxy groups -OCH3 is 1. The fourth-order valence-corrected chi connectivity index (χ4v) is 10.2. The number of hydrogen-bond donors (Lipinski definition) is 4. The Morgan fingerprint density at radius 2 is 1.53 bits per heavy atom. The van der Waals surface area contributed by atoms with E-state index in [1.165, 1.54) is 0 Å². The molecule has 5 aliphatic heterocycles. The lowest BCUT2D eigenvalue weighted by Gasteiger charge is -2.43. The zero-order valence-corrected chi connectivity index (χ0v) is 40.6. The van der Waals surface area contributed by atoms with Crippen LogP contribution in [0.15, 0.2) is 36.4 Å². The van der Waals surface area contributed by atoms with Crippen LogP contribution < -0.4 is 36.1 Å². The first kappa shape index (κ1) is 50.1. The summed E-state index contributed by atoms with van der Waals surface area (Å²) in [5.41, 5.74) is 8.71. The summed E-state index contributed by atoms with van der Waals surface area (Å²) in [5.74, 6) is -0.372. The number of nitrogens with one attached hydrogen (secondary N) is 3. The second-order valence-electron chi connectivity index (χ2n) is 18.8. The smallest absolute Gasteiger partial charge is 0.271 e. The van der Waals surface area contributed by atoms with E-state index in [-0.39, 0.29) is 41.6 Å². The maximum atomic E-state index is 13.1. The Morgan fingerprint density at radius 1 is 0.814 bits per heavy atom. The first-order valence-electron chi connectivity index (χ1n) is 25.3. The van der Waals surface area contributed by atoms with Gasteiger partial charge in [0.1, 0.15) is 17.5 Å². The van der Waals surface area contributed by atoms with Crippen molar-refractivity contribution in [3.63, 3.8) is 0 Å². The number of rotatable bonds is 21. The number of primary amides is 1. The number of benzene rings is 2. The topological polar surface area (TPSA) is 231 Å². The summed E-state index contributed by atoms with van der Waals surface area (Å²) in [4.78, 5) is 92.9. The number of piperazine rings is 1. The second kappa shape index (κ2) is 23.5. The van der Waals surface area contributed by atoms with Gasteiger partial charge in [0.25, 0.3) is 17.7 Å². The van der Waals surface area contributed by atoms with Gasteiger partial charge in [0, 0.05) is 89.2 Å². The highest BCUT2D eigenvalue weighted by Gasteiger charge is 2.45. The Balaban J connectivity index is 0.696. The highest BCUT2D eigenvalue weighted by molar-refractivity contribution is 6.23. The monoisotopic (exact) mass is 965 g/mol. The normalized spacial score (nSPS) is 19.3. The van der Waals surface area contributed by atoms with E-state index in [2.05, 4.69) is 30.7 Å². The molecule has 0 radical (unpaired) electrons. The van der Waals surface area contributed by atoms with E-state index in [0.29, 0.717) is 67.5 Å². The molecule has 4 fully saturated rings. The van der Waals surface area contributed by atoms with Gasteiger partial charge in [-0.2, -0.15) is 0 Å². The predicted octanol–water partition coefficient (Wildman–Crippen LogP) is 5.20. The quantitative estimate of drug-likeness (QED) is 0.0795. The third-order valence-corrected chi connectivity index (χ3v) is 14.2. The van der Waals surface area contributed by atoms with Crippen LogP contribution in [0.4, 0.5) is 23.0 Å². The van der Waals surface area contributed by atoms with Crippen LogP contribution in [0.2, 0.25) is 0 Å². The predicted molar refractivity (Wildman–Crippen MR) is 263 cm³/mol. The highest BCUT2D eigenvalue weighted by atomic mass is 16.5. The summed E-state index contributed by atoms with van der Waals surface area (Å²) in [6.07, 6.45) is 12.1. The van der Waals surface area contributed by atoms with Crippen LogP contribution in [-0.4, -0.2) is 144 Å². The fourth-order valence-electron chi connectivity index (χ4n) is 10.2. The van der Waals surface area contributed by atoms with Crippen LogP contribution in [0, 0.1) is 0 Å². The number of nitrogens with zero attached hydrogens (tertiary/aromatic N) is 6. The molecule has 0 saturated carbocycles. The van der Waals surface area contributed by atoms with Crippen molar-refractivity contribution in [1.29, 1.82) is 0 Å². The first-order chi connectivity index (χ1) is 34.0. The standard InChI is InChI=1S/C51H68N10O9/c1-3-39-47(53-33-20-29-69-30-21-33)57-48(45(55-39)46(52)64)54-34-12-15-40(42(31-34)68-2)59-22-18-35(19-23-59)58-24-26-60(27-25-58)44(63)11-9-7-5-4-6-8-10-28-70-36-13-14-37-38(32-36)51(67)61(50(37)66)41-16-17-43(62)56-49(41)65/h12-15,31-33,35,41H,3-11,16-30H2,1-2H3,(H2,52,64)(H2,53,54,57)(H,56,62,65). The van der Waals surface area contributed by atoms with Crippen molar-refractivity contribution in [3.05, 3.63) is 58.9 Å². The van der Waals surface area contributed by atoms with Gasteiger partial charge in [0.05, 0.1) is 36.2 Å². The summed E-state index contributed by atoms with van der Waals surface area (Å²) in [6.45, 7) is 8.91. The number of hydrogen-bond acceptors (Lipinski definition) is 15. The van der Waals surface area contributed by atoms with Gasteiger partial charge in [-0.05, 0) is 81.7 Å². The van der Waals surface area contributed by atoms with Gasteiger partial charge in [-0.25, -0.2) is 9.97 Å². The van der Waals surface area contributed by atoms with Crippen LogP contribution in [0.1, 0.15) is 134 Å². The maximum absolute atomic E-state index is 13.1. The van der Waals surface area contributed by atoms with Gasteiger partial charge in [0.15, 0.2) is 17.3 Å². The molecule has 19 nitrogen and oxygen atoms in total. The number of imide groups is 2. The van der Waals surface area contributed by atoms with Crippen molar-refractivity contribution in [1.82, 2.24) is 30.0 Å². The van der Waals surface area contributed by atoms with E-state index < -0.39 is 35.6 Å². The van der Waals surface area contributed by atoms with Crippen LogP contribution in [0.25, 0.3) is 0 Å². The SMILES string of the molecule is CCc1nc(C(N)=O)c(Nc2ccc(N3CCC(N4CCN(C(=O)CCCCCCCCCOc5ccc6c(c5)C(=O)N(C5CCC(=O)NC5=O)C6=O)CC4)CC3)c(OC)c2)nc1NC1CCOCC1. The lowest BCUT2D eigenvalue weighted by atomic mass is 10.0. The van der Waals surface area contributed by atoms with Crippen molar-refractivity contribution in [2.24, 2.45) is 5.73 Å². The number of aromatic nitrogens is 2. The molecule has 1 unspecified atom stereocenters. The van der Waals surface area contributed by atoms with E-state index >= 15 is 0 Å². The number of aryl methyl sites for hydroxylation is 1. The highest BCUT2D eigenvalue weighted by Crippen LogP contribution is 2.36. The summed E-state index contributed by atoms with van der Waals surface area (Å²) in [6, 6.07) is 10.4. The van der Waals surface area contributed by atoms with E-state index in [9.17, 15) is 28.8 Å². The van der Waals surface area contributed by atoms with Crippen molar-refractivity contribution in [2.45, 2.75) is 121 Å². The molecule has 376 valence electrons. The minimum Gasteiger partial charge on any atom is -0.495 e. The molecule has 4 saturated heterocycles. The Hall–Kier alpha value is -6.34. The Kier molecular flexibility index (Phi) is 16.8. The number of carbonyl (C=O) groups excluding carboxylic acids is 6. The van der Waals surface area contributed by atoms with Gasteiger partial charge < -0.3 is 40.4 Å². The van der Waals surface area contributed by atoms with E-state index in [0.717, 1.165) is 126 Å². The van der Waals surface area contributed by atoms with E-state index in [1.807, 2.05) is 30.0 Å². The fraction of sp³-hybridized carbons (Fsp3) is 0.569. The zero-order valence-electron chi connectivity index (χ0n) is 40.6. The molecule has 6 amide bonds. The third kappa shape index (κ3) is 12.0. The van der Waals surface area contributed by atoms with Crippen LogP contribution in [0.5, 0.6) is 11.5 Å². The average Bonchev–Trinajstić information content (AvgIpc) is 3.62. The molecule has 5 N–H and O–H groups in total. The Bertz CT molecular complexity index is 2390. The number of amides is 6. The van der Waals surface area contributed by atoms with Gasteiger partial charge in [-0.15, -0.1) is 0 Å². The van der Waals surface area contributed by atoms with Crippen LogP contribution in [0.3, 0.4) is 0 Å². The number of unbranched alkanes of at least 4 members (excludes halogenated alkanes) is 6. The number of ether oxygens (including phenoxy) is 3. The number of nitrogens with two attached hydrogens (primary N) is 1. The minimum absolute atomic E-state index is 0.0748. The van der Waals surface area contributed by atoms with Gasteiger partial charge in [-0.1, -0.05) is 39.0 Å². The van der Waals surface area contributed by atoms with Crippen molar-refractivity contribution < 1.29 is 43.0 Å². The Morgan fingerprint density at radius 3 is 2.23 bits per heavy atom. The molecule has 0 spiro atoms. The molecule has 6 heterocycles. The Labute approximate surface area is 409 Å². The molecular formula is C51H68N10O9. The first-order valence-corrected chi connectivity index (χ1v) is 25.3. The van der Waals surface area contributed by atoms with Crippen molar-refractivity contribution in [3.8, 4) is 11.5 Å². The van der Waals surface area contributed by atoms with Gasteiger partial charge in [0.2, 0.25) is 17.7 Å². The molecule has 0 bridgehead atoms. The third-order valence-electron chi connectivity index (χ3n) is 14.2. The molecule has 2 aromatic carbocycles. The molecule has 1 atom stereocenters. The number of fused-ring (bicyclic) bond motifs is 1. The van der Waals surface area contributed by atoms with E-state index in [1.54, 1.807) is 25.3 Å². The largest absolute Gasteiger partial charge is 0.495 e. The minimum atomic E-state index is -0.996. The van der Waals surface area contributed by atoms with Crippen LogP contribution in [-0.2, 0) is 25.5 Å². The zero-order chi connectivity index (χ0) is 49.1. The average molecular weight is 965 g/mol. The summed E-state index contributed by atoms with van der Waals surface area (Å²) in [5, 5.41) is 9.02. The van der Waals surface area contributed by atoms with E-state index in [4.69, 9.17) is 24.9 Å². The summed E-state index contributed by atoms with van der Waals surface area (Å²) >= 11 is 0. The molecule has 3 aromatic rings. The molecule has 70 heavy (non-hydrogen) atoms. The lowest BCUT2D eigenvalue weighted by molar-refractivity contribution is -0.136. The summed E-state index contributed by atoms with van der Waals surface area (Å²) < 4.78 is 17.3. The van der Waals surface area contributed by atoms with Crippen molar-refractivity contribution >= 4 is 58.5 Å². The maximum Gasteiger partial charge on any atom is 0.271 e.